The summed E-state index contributed by atoms with van der Waals surface area (Å²) in [6.45, 7) is 33.1. The molecule has 0 saturated heterocycles. The molecule has 0 atom stereocenters. The van der Waals surface area contributed by atoms with E-state index in [9.17, 15) is 20.4 Å². The van der Waals surface area contributed by atoms with Crippen LogP contribution in [-0.4, -0.2) is 20.4 Å². The molecule has 0 amide bonds. The summed E-state index contributed by atoms with van der Waals surface area (Å²) in [5.41, 5.74) is 6.93. The summed E-state index contributed by atoms with van der Waals surface area (Å²) >= 11 is 3.34. The highest BCUT2D eigenvalue weighted by Crippen LogP contribution is 2.44. The maximum absolute atomic E-state index is 10.4. The second-order valence-electron chi connectivity index (χ2n) is 17.7. The minimum atomic E-state index is -0.118. The zero-order valence-corrected chi connectivity index (χ0v) is 34.9. The summed E-state index contributed by atoms with van der Waals surface area (Å²) in [4.78, 5) is 4.41. The molecule has 50 heavy (non-hydrogen) atoms. The van der Waals surface area contributed by atoms with Crippen molar-refractivity contribution in [3.8, 4) is 23.0 Å². The van der Waals surface area contributed by atoms with Crippen LogP contribution in [0.4, 0.5) is 0 Å². The highest BCUT2D eigenvalue weighted by atomic mass is 32.2. The molecule has 0 aliphatic carbocycles. The average Bonchev–Trinajstić information content (AvgIpc) is 2.94. The van der Waals surface area contributed by atoms with E-state index in [1.807, 2.05) is 52.0 Å². The number of rotatable bonds is 4. The van der Waals surface area contributed by atoms with E-state index in [0.29, 0.717) is 23.0 Å². The molecule has 4 N–H and O–H groups in total. The maximum Gasteiger partial charge on any atom is 0.122 e. The Morgan fingerprint density at radius 2 is 0.480 bits per heavy atom. The average molecular weight is 717 g/mol. The van der Waals surface area contributed by atoms with Crippen LogP contribution in [0.1, 0.15) is 128 Å². The first-order chi connectivity index (χ1) is 22.6. The standard InChI is InChI=1S/2C22H30O2S/c2*1-13-9-15(11-17(19(13)23)21(3,4)5)25-16-10-14(2)20(24)18(12-16)22(6,7)8/h2*9-12,23-24H,1-8H3. The number of phenolic OH excluding ortho intramolecular Hbond substituents is 4. The van der Waals surface area contributed by atoms with Crippen LogP contribution < -0.4 is 0 Å². The van der Waals surface area contributed by atoms with Gasteiger partial charge in [-0.25, -0.2) is 0 Å². The molecule has 0 saturated carbocycles. The van der Waals surface area contributed by atoms with Crippen molar-refractivity contribution in [3.63, 3.8) is 0 Å². The zero-order chi connectivity index (χ0) is 38.3. The van der Waals surface area contributed by atoms with Gasteiger partial charge >= 0.3 is 0 Å². The molecule has 0 bridgehead atoms. The fourth-order valence-electron chi connectivity index (χ4n) is 5.78. The van der Waals surface area contributed by atoms with Crippen LogP contribution in [0.3, 0.4) is 0 Å². The van der Waals surface area contributed by atoms with Crippen LogP contribution in [0.5, 0.6) is 23.0 Å². The van der Waals surface area contributed by atoms with E-state index in [1.54, 1.807) is 23.5 Å². The Kier molecular flexibility index (Phi) is 12.2. The van der Waals surface area contributed by atoms with Gasteiger partial charge in [-0.2, -0.15) is 0 Å². The predicted octanol–water partition coefficient (Wildman–Crippen LogP) is 12.9. The first-order valence-electron chi connectivity index (χ1n) is 17.3. The van der Waals surface area contributed by atoms with Crippen LogP contribution >= 0.6 is 23.5 Å². The Labute approximate surface area is 310 Å². The largest absolute Gasteiger partial charge is 0.507 e. The molecular formula is C44H60O4S2. The van der Waals surface area contributed by atoms with Crippen LogP contribution in [0.15, 0.2) is 68.1 Å². The van der Waals surface area contributed by atoms with Crippen LogP contribution in [0.25, 0.3) is 0 Å². The van der Waals surface area contributed by atoms with Crippen molar-refractivity contribution in [2.24, 2.45) is 0 Å². The van der Waals surface area contributed by atoms with Gasteiger partial charge in [0.25, 0.3) is 0 Å². The number of benzene rings is 4. The molecule has 0 fully saturated rings. The van der Waals surface area contributed by atoms with Crippen molar-refractivity contribution in [2.75, 3.05) is 0 Å². The Morgan fingerprint density at radius 1 is 0.320 bits per heavy atom. The van der Waals surface area contributed by atoms with Crippen molar-refractivity contribution < 1.29 is 20.4 Å². The molecule has 6 heteroatoms. The Morgan fingerprint density at radius 3 is 0.620 bits per heavy atom. The summed E-state index contributed by atoms with van der Waals surface area (Å²) in [6, 6.07) is 16.4. The quantitative estimate of drug-likeness (QED) is 0.168. The molecule has 0 aliphatic rings. The third kappa shape index (κ3) is 9.97. The number of hydrogen-bond donors (Lipinski definition) is 4. The van der Waals surface area contributed by atoms with Gasteiger partial charge in [0.2, 0.25) is 0 Å². The maximum atomic E-state index is 10.4. The van der Waals surface area contributed by atoms with Crippen LogP contribution in [-0.2, 0) is 21.7 Å². The second kappa shape index (κ2) is 14.8. The van der Waals surface area contributed by atoms with Crippen LogP contribution in [0, 0.1) is 27.7 Å². The van der Waals surface area contributed by atoms with E-state index < -0.39 is 0 Å². The van der Waals surface area contributed by atoms with Gasteiger partial charge in [-0.15, -0.1) is 0 Å². The Hall–Kier alpha value is -3.22. The molecular weight excluding hydrogens is 657 g/mol. The van der Waals surface area contributed by atoms with E-state index in [4.69, 9.17) is 0 Å². The van der Waals surface area contributed by atoms with Gasteiger partial charge in [0.15, 0.2) is 0 Å². The van der Waals surface area contributed by atoms with Gasteiger partial charge in [0, 0.05) is 41.8 Å². The summed E-state index contributed by atoms with van der Waals surface area (Å²) in [5.74, 6) is 1.53. The van der Waals surface area contributed by atoms with E-state index in [2.05, 4.69) is 107 Å². The lowest BCUT2D eigenvalue weighted by Crippen LogP contribution is -2.12. The Balaban J connectivity index is 0.000000270. The summed E-state index contributed by atoms with van der Waals surface area (Å²) in [5, 5.41) is 41.7. The fourth-order valence-corrected chi connectivity index (χ4v) is 7.97. The molecule has 4 rings (SSSR count). The molecule has 0 unspecified atom stereocenters. The lowest BCUT2D eigenvalue weighted by Gasteiger charge is -2.24. The first-order valence-corrected chi connectivity index (χ1v) is 19.0. The Bertz CT molecular complexity index is 1590. The van der Waals surface area contributed by atoms with Crippen LogP contribution in [0.2, 0.25) is 0 Å². The first kappa shape index (κ1) is 41.2. The molecule has 0 spiro atoms. The van der Waals surface area contributed by atoms with E-state index >= 15 is 0 Å². The number of aryl methyl sites for hydroxylation is 4. The third-order valence-electron chi connectivity index (χ3n) is 8.80. The van der Waals surface area contributed by atoms with Crippen molar-refractivity contribution in [2.45, 2.75) is 152 Å². The highest BCUT2D eigenvalue weighted by Gasteiger charge is 2.24. The lowest BCUT2D eigenvalue weighted by molar-refractivity contribution is 0.441. The van der Waals surface area contributed by atoms with Gasteiger partial charge in [-0.05, 0) is 120 Å². The third-order valence-corrected chi connectivity index (χ3v) is 10.7. The molecule has 4 nitrogen and oxygen atoms in total. The normalized spacial score (nSPS) is 12.5. The lowest BCUT2D eigenvalue weighted by atomic mass is 9.85. The van der Waals surface area contributed by atoms with Crippen molar-refractivity contribution in [1.82, 2.24) is 0 Å². The van der Waals surface area contributed by atoms with Gasteiger partial charge in [-0.3, -0.25) is 0 Å². The summed E-state index contributed by atoms with van der Waals surface area (Å²) in [7, 11) is 0. The van der Waals surface area contributed by atoms with Gasteiger partial charge in [0.05, 0.1) is 0 Å². The van der Waals surface area contributed by atoms with Crippen molar-refractivity contribution >= 4 is 23.5 Å². The molecule has 0 heterocycles. The number of aromatic hydroxyl groups is 4. The summed E-state index contributed by atoms with van der Waals surface area (Å²) < 4.78 is 0. The minimum Gasteiger partial charge on any atom is -0.507 e. The molecule has 4 aromatic rings. The smallest absolute Gasteiger partial charge is 0.122 e. The minimum absolute atomic E-state index is 0.118. The number of phenols is 4. The molecule has 0 radical (unpaired) electrons. The second-order valence-corrected chi connectivity index (χ2v) is 20.0. The zero-order valence-electron chi connectivity index (χ0n) is 33.2. The topological polar surface area (TPSA) is 80.9 Å². The van der Waals surface area contributed by atoms with E-state index in [0.717, 1.165) is 64.1 Å². The molecule has 272 valence electrons. The SMILES string of the molecule is Cc1cc(Sc2cc(C)c(O)c(C(C)(C)C)c2)cc(C(C)(C)C)c1O.Cc1cc(Sc2cc(C)c(O)c(C(C)(C)C)c2)cc(C(C)(C)C)c1O. The van der Waals surface area contributed by atoms with Gasteiger partial charge in [-0.1, -0.05) is 107 Å². The van der Waals surface area contributed by atoms with E-state index in [1.165, 1.54) is 0 Å². The van der Waals surface area contributed by atoms with Crippen molar-refractivity contribution in [1.29, 1.82) is 0 Å². The van der Waals surface area contributed by atoms with Crippen molar-refractivity contribution in [3.05, 3.63) is 93.0 Å². The summed E-state index contributed by atoms with van der Waals surface area (Å²) in [6.07, 6.45) is 0. The van der Waals surface area contributed by atoms with Gasteiger partial charge < -0.3 is 20.4 Å². The monoisotopic (exact) mass is 716 g/mol. The molecule has 0 aromatic heterocycles. The fraction of sp³-hybridized carbons (Fsp3) is 0.455. The highest BCUT2D eigenvalue weighted by molar-refractivity contribution is 7.99. The predicted molar refractivity (Wildman–Crippen MR) is 214 cm³/mol. The molecule has 4 aromatic carbocycles. The number of hydrogen-bond acceptors (Lipinski definition) is 6. The van der Waals surface area contributed by atoms with E-state index in [-0.39, 0.29) is 21.7 Å². The van der Waals surface area contributed by atoms with Gasteiger partial charge in [0.1, 0.15) is 23.0 Å². The molecule has 0 aliphatic heterocycles.